The summed E-state index contributed by atoms with van der Waals surface area (Å²) < 4.78 is 6.68. The van der Waals surface area contributed by atoms with Gasteiger partial charge in [-0.3, -0.25) is 10.1 Å². The average molecular weight is 566 g/mol. The van der Waals surface area contributed by atoms with Crippen LogP contribution in [0.2, 0.25) is 0 Å². The van der Waals surface area contributed by atoms with Crippen LogP contribution in [0.5, 0.6) is 0 Å². The van der Waals surface area contributed by atoms with Crippen LogP contribution in [-0.2, 0) is 26.3 Å². The van der Waals surface area contributed by atoms with Crippen LogP contribution < -0.4 is 22.3 Å². The molecular formula is C27H28BrN5O4. The van der Waals surface area contributed by atoms with Crippen LogP contribution in [0.15, 0.2) is 61.2 Å². The van der Waals surface area contributed by atoms with Gasteiger partial charge in [-0.1, -0.05) is 48.5 Å². The van der Waals surface area contributed by atoms with Gasteiger partial charge in [-0.15, -0.1) is 0 Å². The number of quaternary nitrogens is 1. The summed E-state index contributed by atoms with van der Waals surface area (Å²) in [7, 11) is 0. The molecule has 9 nitrogen and oxygen atoms in total. The second-order valence-electron chi connectivity index (χ2n) is 10.1. The van der Waals surface area contributed by atoms with E-state index in [1.165, 1.54) is 12.7 Å². The van der Waals surface area contributed by atoms with Crippen LogP contribution in [0, 0.1) is 5.92 Å². The molecule has 7 rings (SSSR count). The van der Waals surface area contributed by atoms with Crippen LogP contribution in [0.4, 0.5) is 5.95 Å². The minimum atomic E-state index is -1.86. The van der Waals surface area contributed by atoms with Gasteiger partial charge >= 0.3 is 5.97 Å². The molecular weight excluding hydrogens is 538 g/mol. The van der Waals surface area contributed by atoms with E-state index in [4.69, 9.17) is 4.74 Å². The van der Waals surface area contributed by atoms with Crippen LogP contribution in [-0.4, -0.2) is 68.7 Å². The Hall–Kier alpha value is -3.21. The van der Waals surface area contributed by atoms with Crippen molar-refractivity contribution < 1.29 is 40.9 Å². The van der Waals surface area contributed by atoms with Gasteiger partial charge in [-0.05, 0) is 17.5 Å². The first-order valence-electron chi connectivity index (χ1n) is 12.3. The second kappa shape index (κ2) is 9.92. The number of carbonyl (C=O) groups is 2. The lowest BCUT2D eigenvalue weighted by molar-refractivity contribution is -0.939. The van der Waals surface area contributed by atoms with Gasteiger partial charge in [-0.2, -0.15) is 0 Å². The van der Waals surface area contributed by atoms with E-state index in [1.807, 2.05) is 48.5 Å². The van der Waals surface area contributed by atoms with E-state index in [2.05, 4.69) is 20.3 Å². The van der Waals surface area contributed by atoms with E-state index in [-0.39, 0.29) is 47.4 Å². The molecule has 10 heteroatoms. The van der Waals surface area contributed by atoms with Crippen molar-refractivity contribution in [2.75, 3.05) is 31.5 Å². The number of anilines is 1. The number of nitrogens with zero attached hydrogens (tertiary/aromatic N) is 4. The molecule has 4 aliphatic rings. The highest BCUT2D eigenvalue weighted by Gasteiger charge is 2.52. The average Bonchev–Trinajstić information content (AvgIpc) is 2.90. The molecule has 1 atom stereocenters. The highest BCUT2D eigenvalue weighted by molar-refractivity contribution is 5.90. The van der Waals surface area contributed by atoms with Crippen LogP contribution in [0.1, 0.15) is 35.1 Å². The number of rotatable bonds is 5. The second-order valence-corrected chi connectivity index (χ2v) is 10.1. The number of amides is 1. The van der Waals surface area contributed by atoms with Gasteiger partial charge in [-0.25, -0.2) is 19.7 Å². The Morgan fingerprint density at radius 1 is 1.00 bits per heavy atom. The molecule has 1 unspecified atom stereocenters. The normalized spacial score (nSPS) is 24.7. The molecule has 3 aromatic rings. The number of carbonyl (C=O) groups excluding carboxylic acids is 2. The van der Waals surface area contributed by atoms with Gasteiger partial charge in [0.2, 0.25) is 11.5 Å². The van der Waals surface area contributed by atoms with Gasteiger partial charge in [0.25, 0.3) is 5.91 Å². The van der Waals surface area contributed by atoms with Crippen molar-refractivity contribution in [1.82, 2.24) is 15.0 Å². The third-order valence-corrected chi connectivity index (χ3v) is 8.01. The number of piperidine rings is 3. The fourth-order valence-electron chi connectivity index (χ4n) is 6.20. The number of benzene rings is 2. The van der Waals surface area contributed by atoms with Gasteiger partial charge in [0, 0.05) is 29.9 Å². The summed E-state index contributed by atoms with van der Waals surface area (Å²) in [5.41, 5.74) is 1.13. The maximum atomic E-state index is 13.8. The zero-order valence-corrected chi connectivity index (χ0v) is 21.8. The van der Waals surface area contributed by atoms with Crippen molar-refractivity contribution in [2.45, 2.75) is 31.0 Å². The molecule has 3 saturated heterocycles. The van der Waals surface area contributed by atoms with Crippen molar-refractivity contribution in [1.29, 1.82) is 0 Å². The standard InChI is InChI=1S/C27H27N5O4.BrH/c33-24(31-26-29-16-28-17-30-26)15-32-11-9-18(10-12-32)23(14-32)36-25(34)27(35)21-7-3-1-5-19(21)13-20-6-2-4-8-22(20)27;/h1-8,16-18,23,35H,9-15H2;1H. The third-order valence-electron chi connectivity index (χ3n) is 8.01. The molecule has 3 aliphatic heterocycles. The molecule has 0 saturated carbocycles. The highest BCUT2D eigenvalue weighted by atomic mass is 79.9. The van der Waals surface area contributed by atoms with Crippen molar-refractivity contribution in [2.24, 2.45) is 5.92 Å². The van der Waals surface area contributed by atoms with Crippen molar-refractivity contribution >= 4 is 17.8 Å². The fourth-order valence-corrected chi connectivity index (χ4v) is 6.20. The number of aromatic nitrogens is 3. The number of fused-ring (bicyclic) bond motifs is 5. The number of aliphatic hydroxyl groups is 1. The molecule has 2 aromatic carbocycles. The van der Waals surface area contributed by atoms with Gasteiger partial charge in [0.15, 0.2) is 12.6 Å². The summed E-state index contributed by atoms with van der Waals surface area (Å²) in [6, 6.07) is 15.0. The monoisotopic (exact) mass is 565 g/mol. The first-order chi connectivity index (χ1) is 17.5. The smallest absolute Gasteiger partial charge is 0.348 e. The van der Waals surface area contributed by atoms with Crippen molar-refractivity contribution in [3.63, 3.8) is 0 Å². The Labute approximate surface area is 225 Å². The van der Waals surface area contributed by atoms with E-state index in [0.29, 0.717) is 28.6 Å². The van der Waals surface area contributed by atoms with E-state index in [9.17, 15) is 14.7 Å². The summed E-state index contributed by atoms with van der Waals surface area (Å²) in [5, 5.41) is 14.7. The van der Waals surface area contributed by atoms with Crippen molar-refractivity contribution in [3.8, 4) is 0 Å². The lowest BCUT2D eigenvalue weighted by Gasteiger charge is -2.51. The van der Waals surface area contributed by atoms with Crippen molar-refractivity contribution in [3.05, 3.63) is 83.4 Å². The van der Waals surface area contributed by atoms with Crippen LogP contribution in [0.3, 0.4) is 0 Å². The third kappa shape index (κ3) is 4.54. The number of halogens is 1. The molecule has 0 spiro atoms. The summed E-state index contributed by atoms with van der Waals surface area (Å²) in [5.74, 6) is -0.382. The summed E-state index contributed by atoms with van der Waals surface area (Å²) in [6.45, 7) is 2.49. The molecule has 1 aliphatic carbocycles. The molecule has 192 valence electrons. The molecule has 2 bridgehead atoms. The predicted molar refractivity (Wildman–Crippen MR) is 129 cm³/mol. The maximum absolute atomic E-state index is 13.8. The van der Waals surface area contributed by atoms with E-state index in [1.54, 1.807) is 0 Å². The van der Waals surface area contributed by atoms with Crippen LogP contribution in [0.25, 0.3) is 0 Å². The highest BCUT2D eigenvalue weighted by Crippen LogP contribution is 2.42. The SMILES string of the molecule is O=C(C[N+]12CCC(CC1)C(OC(=O)C1(O)c3ccccc3Cc3ccccc31)C2)Nc1ncncn1.[Br-]. The number of hydrogen-bond donors (Lipinski definition) is 2. The molecule has 3 fully saturated rings. The summed E-state index contributed by atoms with van der Waals surface area (Å²) in [6.07, 6.45) is 4.69. The fraction of sp³-hybridized carbons (Fsp3) is 0.370. The van der Waals surface area contributed by atoms with E-state index < -0.39 is 11.6 Å². The molecule has 1 aromatic heterocycles. The molecule has 0 radical (unpaired) electrons. The number of nitrogens with one attached hydrogen (secondary N) is 1. The largest absolute Gasteiger partial charge is 1.00 e. The van der Waals surface area contributed by atoms with Gasteiger partial charge < -0.3 is 31.3 Å². The molecule has 37 heavy (non-hydrogen) atoms. The number of hydrogen-bond acceptors (Lipinski definition) is 7. The minimum absolute atomic E-state index is 0. The van der Waals surface area contributed by atoms with E-state index in [0.717, 1.165) is 37.1 Å². The number of ether oxygens (including phenoxy) is 1. The van der Waals surface area contributed by atoms with Crippen LogP contribution >= 0.6 is 0 Å². The zero-order chi connectivity index (χ0) is 24.8. The molecule has 4 heterocycles. The Balaban J connectivity index is 0.00000280. The van der Waals surface area contributed by atoms with E-state index >= 15 is 0 Å². The Morgan fingerprint density at radius 2 is 1.59 bits per heavy atom. The Kier molecular flexibility index (Phi) is 6.82. The molecule has 1 amide bonds. The topological polar surface area (TPSA) is 114 Å². The quantitative estimate of drug-likeness (QED) is 0.295. The first kappa shape index (κ1) is 25.4. The summed E-state index contributed by atoms with van der Waals surface area (Å²) >= 11 is 0. The molecule has 2 N–H and O–H groups in total. The maximum Gasteiger partial charge on any atom is 0.348 e. The van der Waals surface area contributed by atoms with Gasteiger partial charge in [0.1, 0.15) is 19.2 Å². The number of esters is 1. The Morgan fingerprint density at radius 3 is 2.22 bits per heavy atom. The first-order valence-corrected chi connectivity index (χ1v) is 12.3. The predicted octanol–water partition coefficient (Wildman–Crippen LogP) is -1.19. The zero-order valence-electron chi connectivity index (χ0n) is 20.2. The lowest BCUT2D eigenvalue weighted by atomic mass is 9.74. The summed E-state index contributed by atoms with van der Waals surface area (Å²) in [4.78, 5) is 38.3. The van der Waals surface area contributed by atoms with Gasteiger partial charge in [0.05, 0.1) is 13.1 Å². The minimum Gasteiger partial charge on any atom is -1.00 e. The Bertz CT molecular complexity index is 1270. The lowest BCUT2D eigenvalue weighted by Crippen LogP contribution is -3.00.